The van der Waals surface area contributed by atoms with Gasteiger partial charge < -0.3 is 21.5 Å². The number of anilines is 2. The van der Waals surface area contributed by atoms with Crippen LogP contribution in [0.5, 0.6) is 0 Å². The minimum absolute atomic E-state index is 0.0855. The number of amides is 1. The van der Waals surface area contributed by atoms with Crippen LogP contribution < -0.4 is 16.8 Å². The Balaban J connectivity index is 2.95. The Labute approximate surface area is 116 Å². The Morgan fingerprint density at radius 3 is 2.58 bits per heavy atom. The molecule has 1 rings (SSSR count). The van der Waals surface area contributed by atoms with Gasteiger partial charge in [0.2, 0.25) is 0 Å². The van der Waals surface area contributed by atoms with Gasteiger partial charge in [-0.1, -0.05) is 19.8 Å². The van der Waals surface area contributed by atoms with Gasteiger partial charge in [-0.2, -0.15) is 0 Å². The van der Waals surface area contributed by atoms with Crippen molar-refractivity contribution in [3.63, 3.8) is 0 Å². The van der Waals surface area contributed by atoms with Gasteiger partial charge in [-0.25, -0.2) is 4.79 Å². The zero-order chi connectivity index (χ0) is 14.4. The number of nitrogens with one attached hydrogen (secondary N) is 1. The first-order valence-electron chi connectivity index (χ1n) is 6.07. The Bertz CT molecular complexity index is 471. The summed E-state index contributed by atoms with van der Waals surface area (Å²) in [5, 5.41) is 3.63. The van der Waals surface area contributed by atoms with Gasteiger partial charge in [-0.15, -0.1) is 11.3 Å². The molecule has 0 saturated heterocycles. The number of thiophene rings is 1. The molecule has 0 aliphatic carbocycles. The van der Waals surface area contributed by atoms with Crippen LogP contribution in [-0.2, 0) is 4.74 Å². The maximum atomic E-state index is 11.5. The minimum atomic E-state index is -0.651. The van der Waals surface area contributed by atoms with Crippen molar-refractivity contribution in [2.24, 2.45) is 5.73 Å². The summed E-state index contributed by atoms with van der Waals surface area (Å²) in [4.78, 5) is 23.1. The van der Waals surface area contributed by atoms with Crippen LogP contribution in [0.1, 0.15) is 46.2 Å². The molecule has 5 N–H and O–H groups in total. The fourth-order valence-corrected chi connectivity index (χ4v) is 2.70. The first-order valence-corrected chi connectivity index (χ1v) is 6.88. The molecule has 1 aromatic rings. The Morgan fingerprint density at radius 1 is 1.37 bits per heavy atom. The van der Waals surface area contributed by atoms with Gasteiger partial charge in [0.25, 0.3) is 5.91 Å². The molecule has 0 aromatic carbocycles. The van der Waals surface area contributed by atoms with Crippen LogP contribution in [0.2, 0.25) is 0 Å². The number of esters is 1. The molecule has 0 aliphatic heterocycles. The third-order valence-corrected chi connectivity index (χ3v) is 3.77. The third-order valence-electron chi connectivity index (χ3n) is 2.63. The smallest absolute Gasteiger partial charge is 0.350 e. The number of carbonyl (C=O) groups is 2. The molecule has 6 nitrogen and oxygen atoms in total. The number of ether oxygens (including phenoxy) is 1. The SMILES string of the molecule is CCCCCNc1sc(C(=O)OC)c(N)c1C(N)=O. The second kappa shape index (κ2) is 6.98. The summed E-state index contributed by atoms with van der Waals surface area (Å²) in [5.74, 6) is -1.21. The fraction of sp³-hybridized carbons (Fsp3) is 0.500. The van der Waals surface area contributed by atoms with Gasteiger partial charge in [0, 0.05) is 6.54 Å². The predicted octanol–water partition coefficient (Wildman–Crippen LogP) is 1.82. The molecular formula is C12H19N3O3S. The van der Waals surface area contributed by atoms with Gasteiger partial charge >= 0.3 is 5.97 Å². The summed E-state index contributed by atoms with van der Waals surface area (Å²) in [5.41, 5.74) is 11.3. The number of unbranched alkanes of at least 4 members (excludes halogenated alkanes) is 2. The van der Waals surface area contributed by atoms with E-state index in [9.17, 15) is 9.59 Å². The minimum Gasteiger partial charge on any atom is -0.465 e. The van der Waals surface area contributed by atoms with Gasteiger partial charge in [-0.3, -0.25) is 4.79 Å². The molecule has 0 bridgehead atoms. The predicted molar refractivity (Wildman–Crippen MR) is 76.6 cm³/mol. The number of methoxy groups -OCH3 is 1. The molecule has 0 spiro atoms. The number of primary amides is 1. The van der Waals surface area contributed by atoms with Crippen LogP contribution in [0.3, 0.4) is 0 Å². The zero-order valence-electron chi connectivity index (χ0n) is 11.1. The van der Waals surface area contributed by atoms with Crippen molar-refractivity contribution < 1.29 is 14.3 Å². The van der Waals surface area contributed by atoms with Gasteiger partial charge in [0.15, 0.2) is 0 Å². The van der Waals surface area contributed by atoms with Crippen molar-refractivity contribution in [2.75, 3.05) is 24.7 Å². The standard InChI is InChI=1S/C12H19N3O3S/c1-3-4-5-6-15-11-7(10(14)16)8(13)9(19-11)12(17)18-2/h15H,3-6,13H2,1-2H3,(H2,14,16). The average Bonchev–Trinajstić information content (AvgIpc) is 2.71. The van der Waals surface area contributed by atoms with Gasteiger partial charge in [0.1, 0.15) is 9.88 Å². The highest BCUT2D eigenvalue weighted by atomic mass is 32.1. The Morgan fingerprint density at radius 2 is 2.05 bits per heavy atom. The molecule has 19 heavy (non-hydrogen) atoms. The first-order chi connectivity index (χ1) is 9.02. The van der Waals surface area contributed by atoms with Crippen LogP contribution in [0.25, 0.3) is 0 Å². The number of nitrogen functional groups attached to an aromatic ring is 1. The molecular weight excluding hydrogens is 266 g/mol. The summed E-state index contributed by atoms with van der Waals surface area (Å²) in [6, 6.07) is 0. The van der Waals surface area contributed by atoms with E-state index in [1.54, 1.807) is 0 Å². The van der Waals surface area contributed by atoms with Crippen LogP contribution in [0.4, 0.5) is 10.7 Å². The maximum absolute atomic E-state index is 11.5. The van der Waals surface area contributed by atoms with E-state index in [1.165, 1.54) is 7.11 Å². The highest BCUT2D eigenvalue weighted by molar-refractivity contribution is 7.19. The van der Waals surface area contributed by atoms with E-state index in [0.717, 1.165) is 30.6 Å². The summed E-state index contributed by atoms with van der Waals surface area (Å²) in [6.07, 6.45) is 3.16. The molecule has 0 atom stereocenters. The topological polar surface area (TPSA) is 107 Å². The quantitative estimate of drug-likeness (QED) is 0.523. The number of rotatable bonds is 7. The summed E-state index contributed by atoms with van der Waals surface area (Å²) >= 11 is 1.09. The van der Waals surface area contributed by atoms with Gasteiger partial charge in [0.05, 0.1) is 18.4 Å². The highest BCUT2D eigenvalue weighted by Crippen LogP contribution is 2.35. The molecule has 7 heteroatoms. The van der Waals surface area contributed by atoms with Crippen molar-refractivity contribution in [1.82, 2.24) is 0 Å². The van der Waals surface area contributed by atoms with Crippen molar-refractivity contribution in [3.05, 3.63) is 10.4 Å². The van der Waals surface area contributed by atoms with E-state index < -0.39 is 11.9 Å². The second-order valence-electron chi connectivity index (χ2n) is 4.04. The lowest BCUT2D eigenvalue weighted by atomic mass is 10.2. The lowest BCUT2D eigenvalue weighted by Gasteiger charge is -2.04. The highest BCUT2D eigenvalue weighted by Gasteiger charge is 2.24. The molecule has 106 valence electrons. The molecule has 1 amide bonds. The van der Waals surface area contributed by atoms with Crippen molar-refractivity contribution in [3.8, 4) is 0 Å². The maximum Gasteiger partial charge on any atom is 0.350 e. The van der Waals surface area contributed by atoms with E-state index in [-0.39, 0.29) is 16.1 Å². The number of hydrogen-bond donors (Lipinski definition) is 3. The number of carbonyl (C=O) groups excluding carboxylic acids is 2. The van der Waals surface area contributed by atoms with Crippen molar-refractivity contribution in [2.45, 2.75) is 26.2 Å². The molecule has 0 radical (unpaired) electrons. The van der Waals surface area contributed by atoms with E-state index in [1.807, 2.05) is 0 Å². The van der Waals surface area contributed by atoms with Crippen molar-refractivity contribution in [1.29, 1.82) is 0 Å². The lowest BCUT2D eigenvalue weighted by molar-refractivity contribution is 0.0607. The first kappa shape index (κ1) is 15.3. The largest absolute Gasteiger partial charge is 0.465 e. The summed E-state index contributed by atoms with van der Waals surface area (Å²) in [6.45, 7) is 2.81. The van der Waals surface area contributed by atoms with E-state index in [2.05, 4.69) is 17.0 Å². The van der Waals surface area contributed by atoms with Crippen LogP contribution in [0.15, 0.2) is 0 Å². The second-order valence-corrected chi connectivity index (χ2v) is 5.06. The molecule has 0 saturated carbocycles. The summed E-state index contributed by atoms with van der Waals surface area (Å²) in [7, 11) is 1.26. The fourth-order valence-electron chi connectivity index (χ4n) is 1.63. The summed E-state index contributed by atoms with van der Waals surface area (Å²) < 4.78 is 4.62. The molecule has 1 aromatic heterocycles. The van der Waals surface area contributed by atoms with Crippen LogP contribution in [0, 0.1) is 0 Å². The lowest BCUT2D eigenvalue weighted by Crippen LogP contribution is -2.15. The Hall–Kier alpha value is -1.76. The Kier molecular flexibility index (Phi) is 5.62. The average molecular weight is 285 g/mol. The monoisotopic (exact) mass is 285 g/mol. The number of nitrogens with two attached hydrogens (primary N) is 2. The number of hydrogen-bond acceptors (Lipinski definition) is 6. The van der Waals surface area contributed by atoms with E-state index >= 15 is 0 Å². The van der Waals surface area contributed by atoms with Crippen LogP contribution in [-0.4, -0.2) is 25.5 Å². The zero-order valence-corrected chi connectivity index (χ0v) is 11.9. The van der Waals surface area contributed by atoms with E-state index in [0.29, 0.717) is 11.5 Å². The third kappa shape index (κ3) is 3.60. The van der Waals surface area contributed by atoms with Gasteiger partial charge in [-0.05, 0) is 6.42 Å². The van der Waals surface area contributed by atoms with E-state index in [4.69, 9.17) is 11.5 Å². The normalized spacial score (nSPS) is 10.2. The molecule has 0 fully saturated rings. The van der Waals surface area contributed by atoms with Crippen molar-refractivity contribution >= 4 is 33.9 Å². The molecule has 1 heterocycles. The van der Waals surface area contributed by atoms with Crippen LogP contribution >= 0.6 is 11.3 Å². The molecule has 0 unspecified atom stereocenters. The molecule has 0 aliphatic rings.